The predicted octanol–water partition coefficient (Wildman–Crippen LogP) is 13.4. The van der Waals surface area contributed by atoms with Crippen LogP contribution in [0, 0.1) is 0 Å². The fraction of sp³-hybridized carbons (Fsp3) is 1.00. The van der Waals surface area contributed by atoms with Gasteiger partial charge in [0.05, 0.1) is 0 Å². The lowest BCUT2D eigenvalue weighted by atomic mass is 10.0. The summed E-state index contributed by atoms with van der Waals surface area (Å²) in [6, 6.07) is 0. The van der Waals surface area contributed by atoms with Crippen molar-refractivity contribution in [1.82, 2.24) is 0 Å². The van der Waals surface area contributed by atoms with Crippen LogP contribution in [0.3, 0.4) is 0 Å². The summed E-state index contributed by atoms with van der Waals surface area (Å²) in [7, 11) is 4.05. The molecule has 0 aliphatic rings. The predicted molar refractivity (Wildman–Crippen MR) is 183 cm³/mol. The van der Waals surface area contributed by atoms with Crippen molar-refractivity contribution < 1.29 is 14.5 Å². The molecule has 0 spiro atoms. The van der Waals surface area contributed by atoms with Crippen LogP contribution in [-0.4, -0.2) is 32.1 Å². The van der Waals surface area contributed by atoms with Crippen LogP contribution in [0.2, 0.25) is 0 Å². The van der Waals surface area contributed by atoms with Crippen LogP contribution in [0.15, 0.2) is 0 Å². The van der Waals surface area contributed by atoms with Crippen LogP contribution in [0.25, 0.3) is 0 Å². The summed E-state index contributed by atoms with van der Waals surface area (Å²) in [5.41, 5.74) is 0. The van der Waals surface area contributed by atoms with E-state index in [0.29, 0.717) is 0 Å². The first-order valence-corrected chi connectivity index (χ1v) is 19.3. The summed E-state index contributed by atoms with van der Waals surface area (Å²) in [4.78, 5) is 12.2. The van der Waals surface area contributed by atoms with E-state index in [9.17, 15) is 0 Å². The minimum Gasteiger partial charge on any atom is -0.169 e. The maximum absolute atomic E-state index is 5.99. The molecule has 0 unspecified atom stereocenters. The Morgan fingerprint density at radius 1 is 0.268 bits per heavy atom. The topological polar surface area (TPSA) is 18.5 Å². The number of unbranched alkanes of at least 4 members (excludes halogenated alkanes) is 30. The van der Waals surface area contributed by atoms with Gasteiger partial charge >= 0.3 is 0 Å². The van der Waals surface area contributed by atoms with E-state index in [0.717, 1.165) is 26.1 Å². The van der Waals surface area contributed by atoms with Gasteiger partial charge in [-0.05, 0) is 17.7 Å². The summed E-state index contributed by atoms with van der Waals surface area (Å²) in [5, 5.41) is 0. The maximum atomic E-state index is 5.99. The molecule has 0 fully saturated rings. The zero-order valence-corrected chi connectivity index (χ0v) is 29.3. The SMILES string of the molecule is CCCCCCCCCCCCCCCCCCO[N+](C)(C)OCCCCCCCCCCCCCCCCCC. The first-order chi connectivity index (χ1) is 20.1. The number of hydrogen-bond donors (Lipinski definition) is 0. The largest absolute Gasteiger partial charge is 0.169 e. The molecule has 0 aromatic carbocycles. The highest BCUT2D eigenvalue weighted by Crippen LogP contribution is 2.16. The summed E-state index contributed by atoms with van der Waals surface area (Å²) in [6.07, 6.45) is 45.0. The van der Waals surface area contributed by atoms with Crippen LogP contribution in [0.5, 0.6) is 0 Å². The van der Waals surface area contributed by atoms with Gasteiger partial charge in [0, 0.05) is 0 Å². The molecule has 0 aromatic rings. The average Bonchev–Trinajstić information content (AvgIpc) is 2.96. The molecule has 41 heavy (non-hydrogen) atoms. The smallest absolute Gasteiger partial charge is 0.132 e. The summed E-state index contributed by atoms with van der Waals surface area (Å²) in [5.74, 6) is 0. The van der Waals surface area contributed by atoms with Gasteiger partial charge in [0.25, 0.3) is 0 Å². The van der Waals surface area contributed by atoms with Crippen molar-refractivity contribution >= 4 is 0 Å². The van der Waals surface area contributed by atoms with Crippen molar-refractivity contribution in [1.29, 1.82) is 0 Å². The first kappa shape index (κ1) is 40.9. The minimum absolute atomic E-state index is 0.248. The lowest BCUT2D eigenvalue weighted by Crippen LogP contribution is -2.40. The van der Waals surface area contributed by atoms with Crippen molar-refractivity contribution in [2.75, 3.05) is 27.3 Å². The van der Waals surface area contributed by atoms with Gasteiger partial charge in [-0.3, -0.25) is 0 Å². The summed E-state index contributed by atoms with van der Waals surface area (Å²) in [6.45, 7) is 6.22. The second kappa shape index (κ2) is 34.4. The van der Waals surface area contributed by atoms with Gasteiger partial charge in [0.15, 0.2) is 0 Å². The standard InChI is InChI=1S/C38H80NO2/c1-5-7-9-11-13-15-17-19-21-23-25-27-29-31-33-35-37-40-39(3,4)41-38-36-34-32-30-28-26-24-22-20-18-16-14-12-10-8-6-2/h5-38H2,1-4H3/q+1. The molecule has 3 nitrogen and oxygen atoms in total. The summed E-state index contributed by atoms with van der Waals surface area (Å²) < 4.78 is 0. The molecule has 0 aliphatic heterocycles. The van der Waals surface area contributed by atoms with E-state index >= 15 is 0 Å². The zero-order valence-electron chi connectivity index (χ0n) is 29.3. The highest BCUT2D eigenvalue weighted by Gasteiger charge is 2.17. The van der Waals surface area contributed by atoms with Crippen molar-refractivity contribution in [3.8, 4) is 0 Å². The Morgan fingerprint density at radius 3 is 0.634 bits per heavy atom. The van der Waals surface area contributed by atoms with E-state index < -0.39 is 0 Å². The Hall–Kier alpha value is -0.120. The fourth-order valence-electron chi connectivity index (χ4n) is 5.91. The Labute approximate surface area is 260 Å². The highest BCUT2D eigenvalue weighted by molar-refractivity contribution is 4.51. The van der Waals surface area contributed by atoms with Gasteiger partial charge in [0.1, 0.15) is 27.3 Å². The lowest BCUT2D eigenvalue weighted by Gasteiger charge is -2.24. The molecule has 0 bridgehead atoms. The van der Waals surface area contributed by atoms with E-state index in [1.54, 1.807) is 0 Å². The molecule has 0 saturated carbocycles. The normalized spacial score (nSPS) is 12.0. The molecule has 0 atom stereocenters. The van der Waals surface area contributed by atoms with Crippen molar-refractivity contribution in [3.05, 3.63) is 0 Å². The average molecular weight is 583 g/mol. The van der Waals surface area contributed by atoms with Crippen molar-refractivity contribution in [2.45, 2.75) is 219 Å². The van der Waals surface area contributed by atoms with Crippen LogP contribution in [-0.2, 0) is 9.68 Å². The van der Waals surface area contributed by atoms with E-state index in [1.807, 2.05) is 14.1 Å². The van der Waals surface area contributed by atoms with Gasteiger partial charge in [-0.2, -0.15) is 9.68 Å². The van der Waals surface area contributed by atoms with Gasteiger partial charge in [-0.25, -0.2) is 0 Å². The number of quaternary nitrogens is 1. The Kier molecular flexibility index (Phi) is 34.3. The van der Waals surface area contributed by atoms with E-state index in [-0.39, 0.29) is 4.81 Å². The number of hydroxylamine groups is 4. The third-order valence-electron chi connectivity index (χ3n) is 8.80. The second-order valence-corrected chi connectivity index (χ2v) is 13.5. The molecule has 0 aliphatic carbocycles. The van der Waals surface area contributed by atoms with Gasteiger partial charge < -0.3 is 0 Å². The molecular weight excluding hydrogens is 502 g/mol. The zero-order chi connectivity index (χ0) is 30.0. The van der Waals surface area contributed by atoms with Crippen LogP contribution in [0.1, 0.15) is 219 Å². The van der Waals surface area contributed by atoms with E-state index in [2.05, 4.69) is 13.8 Å². The van der Waals surface area contributed by atoms with Crippen LogP contribution in [0.4, 0.5) is 0 Å². The number of rotatable bonds is 36. The fourth-order valence-corrected chi connectivity index (χ4v) is 5.91. The Morgan fingerprint density at radius 2 is 0.439 bits per heavy atom. The molecule has 248 valence electrons. The van der Waals surface area contributed by atoms with E-state index in [1.165, 1.54) is 193 Å². The van der Waals surface area contributed by atoms with Gasteiger partial charge in [-0.1, -0.05) is 206 Å². The molecule has 0 aromatic heterocycles. The maximum Gasteiger partial charge on any atom is 0.132 e. The molecule has 0 heterocycles. The summed E-state index contributed by atoms with van der Waals surface area (Å²) >= 11 is 0. The minimum atomic E-state index is 0.248. The molecule has 0 N–H and O–H groups in total. The molecule has 0 amide bonds. The van der Waals surface area contributed by atoms with Crippen LogP contribution < -0.4 is 0 Å². The van der Waals surface area contributed by atoms with E-state index in [4.69, 9.17) is 9.68 Å². The lowest BCUT2D eigenvalue weighted by molar-refractivity contribution is -1.22. The molecule has 3 heteroatoms. The Bertz CT molecular complexity index is 427. The third kappa shape index (κ3) is 36.0. The molecule has 0 rings (SSSR count). The molecule has 0 radical (unpaired) electrons. The monoisotopic (exact) mass is 583 g/mol. The van der Waals surface area contributed by atoms with Crippen LogP contribution >= 0.6 is 0 Å². The third-order valence-corrected chi connectivity index (χ3v) is 8.80. The van der Waals surface area contributed by atoms with Crippen molar-refractivity contribution in [2.24, 2.45) is 0 Å². The molecular formula is C38H80NO2+. The quantitative estimate of drug-likeness (QED) is 0.0415. The second-order valence-electron chi connectivity index (χ2n) is 13.5. The van der Waals surface area contributed by atoms with Crippen molar-refractivity contribution in [3.63, 3.8) is 0 Å². The first-order valence-electron chi connectivity index (χ1n) is 19.3. The number of hydrogen-bond acceptors (Lipinski definition) is 2. The number of nitrogens with zero attached hydrogens (tertiary/aromatic N) is 1. The Balaban J connectivity index is 3.26. The molecule has 0 saturated heterocycles. The highest BCUT2D eigenvalue weighted by atomic mass is 17.0. The van der Waals surface area contributed by atoms with Gasteiger partial charge in [-0.15, -0.1) is 0 Å². The van der Waals surface area contributed by atoms with Gasteiger partial charge in [0.2, 0.25) is 0 Å².